The van der Waals surface area contributed by atoms with Gasteiger partial charge < -0.3 is 10.0 Å². The Kier molecular flexibility index (Phi) is 3.36. The van der Waals surface area contributed by atoms with E-state index in [4.69, 9.17) is 0 Å². The number of carbonyl (C=O) groups is 1. The number of fused-ring (bicyclic) bond motifs is 1. The second-order valence-electron chi connectivity index (χ2n) is 5.52. The van der Waals surface area contributed by atoms with E-state index in [2.05, 4.69) is 9.97 Å². The van der Waals surface area contributed by atoms with Gasteiger partial charge in [0, 0.05) is 12.2 Å². The van der Waals surface area contributed by atoms with E-state index in [1.807, 2.05) is 11.0 Å². The van der Waals surface area contributed by atoms with Crippen LogP contribution in [0.2, 0.25) is 0 Å². The zero-order chi connectivity index (χ0) is 13.2. The van der Waals surface area contributed by atoms with Gasteiger partial charge in [-0.2, -0.15) is 0 Å². The number of hydrogen-bond acceptors (Lipinski definition) is 4. The molecule has 2 heterocycles. The van der Waals surface area contributed by atoms with Gasteiger partial charge >= 0.3 is 5.97 Å². The maximum absolute atomic E-state index is 11.5. The first-order valence-electron chi connectivity index (χ1n) is 7.04. The number of aromatic nitrogens is 2. The molecule has 5 heteroatoms. The van der Waals surface area contributed by atoms with Crippen LogP contribution >= 0.6 is 0 Å². The molecule has 3 atom stereocenters. The minimum atomic E-state index is -0.734. The predicted octanol–water partition coefficient (Wildman–Crippen LogP) is 2.09. The molecule has 1 aromatic rings. The maximum atomic E-state index is 11.5. The van der Waals surface area contributed by atoms with Crippen molar-refractivity contribution in [3.63, 3.8) is 0 Å². The molecule has 3 unspecified atom stereocenters. The van der Waals surface area contributed by atoms with Crippen LogP contribution in [0.25, 0.3) is 0 Å². The fourth-order valence-electron chi connectivity index (χ4n) is 3.64. The standard InChI is InChI=1S/C14H19N3O2/c18-14(19)12-6-5-10-3-1-2-4-11(10)17(12)13-7-8-15-9-16-13/h7-12H,1-6H2,(H,18,19). The highest BCUT2D eigenvalue weighted by Gasteiger charge is 2.41. The molecule has 102 valence electrons. The van der Waals surface area contributed by atoms with Crippen molar-refractivity contribution >= 4 is 11.8 Å². The largest absolute Gasteiger partial charge is 0.480 e. The van der Waals surface area contributed by atoms with E-state index in [1.54, 1.807) is 6.20 Å². The van der Waals surface area contributed by atoms with Gasteiger partial charge in [0.15, 0.2) is 0 Å². The summed E-state index contributed by atoms with van der Waals surface area (Å²) in [6, 6.07) is 1.72. The quantitative estimate of drug-likeness (QED) is 0.883. The average Bonchev–Trinajstić information content (AvgIpc) is 2.46. The molecular formula is C14H19N3O2. The first kappa shape index (κ1) is 12.4. The first-order valence-corrected chi connectivity index (χ1v) is 7.04. The van der Waals surface area contributed by atoms with Crippen molar-refractivity contribution < 1.29 is 9.90 Å². The van der Waals surface area contributed by atoms with Crippen LogP contribution in [-0.2, 0) is 4.79 Å². The molecule has 0 radical (unpaired) electrons. The van der Waals surface area contributed by atoms with E-state index in [0.717, 1.165) is 25.1 Å². The summed E-state index contributed by atoms with van der Waals surface area (Å²) in [4.78, 5) is 21.8. The normalized spacial score (nSPS) is 30.7. The fraction of sp³-hybridized carbons (Fsp3) is 0.643. The van der Waals surface area contributed by atoms with Crippen LogP contribution in [0, 0.1) is 5.92 Å². The Morgan fingerprint density at radius 3 is 2.84 bits per heavy atom. The smallest absolute Gasteiger partial charge is 0.326 e. The molecule has 1 saturated heterocycles. The van der Waals surface area contributed by atoms with Crippen LogP contribution in [-0.4, -0.2) is 33.1 Å². The van der Waals surface area contributed by atoms with Gasteiger partial charge in [-0.05, 0) is 37.7 Å². The van der Waals surface area contributed by atoms with Crippen molar-refractivity contribution in [2.45, 2.75) is 50.6 Å². The Hall–Kier alpha value is -1.65. The van der Waals surface area contributed by atoms with Crippen LogP contribution < -0.4 is 4.90 Å². The van der Waals surface area contributed by atoms with Crippen molar-refractivity contribution in [2.75, 3.05) is 4.90 Å². The van der Waals surface area contributed by atoms with Crippen molar-refractivity contribution in [1.82, 2.24) is 9.97 Å². The zero-order valence-corrected chi connectivity index (χ0v) is 10.9. The van der Waals surface area contributed by atoms with Crippen molar-refractivity contribution in [3.8, 4) is 0 Å². The number of anilines is 1. The van der Waals surface area contributed by atoms with Crippen molar-refractivity contribution in [3.05, 3.63) is 18.6 Å². The Morgan fingerprint density at radius 2 is 2.11 bits per heavy atom. The highest BCUT2D eigenvalue weighted by atomic mass is 16.4. The van der Waals surface area contributed by atoms with E-state index in [-0.39, 0.29) is 0 Å². The lowest BCUT2D eigenvalue weighted by Crippen LogP contribution is -2.55. The number of hydrogen-bond donors (Lipinski definition) is 1. The lowest BCUT2D eigenvalue weighted by atomic mass is 9.76. The molecule has 0 spiro atoms. The van der Waals surface area contributed by atoms with Crippen LogP contribution in [0.3, 0.4) is 0 Å². The van der Waals surface area contributed by atoms with Crippen LogP contribution in [0.1, 0.15) is 38.5 Å². The number of carboxylic acid groups (broad SMARTS) is 1. The molecule has 0 bridgehead atoms. The second kappa shape index (κ2) is 5.15. The third kappa shape index (κ3) is 2.29. The lowest BCUT2D eigenvalue weighted by Gasteiger charge is -2.47. The highest BCUT2D eigenvalue weighted by molar-refractivity contribution is 5.78. The third-order valence-electron chi connectivity index (χ3n) is 4.49. The van der Waals surface area contributed by atoms with Crippen molar-refractivity contribution in [1.29, 1.82) is 0 Å². The lowest BCUT2D eigenvalue weighted by molar-refractivity contribution is -0.139. The second-order valence-corrected chi connectivity index (χ2v) is 5.52. The molecule has 2 aliphatic rings. The first-order chi connectivity index (χ1) is 9.27. The summed E-state index contributed by atoms with van der Waals surface area (Å²) in [7, 11) is 0. The molecular weight excluding hydrogens is 242 g/mol. The molecule has 19 heavy (non-hydrogen) atoms. The molecule has 0 amide bonds. The van der Waals surface area contributed by atoms with Crippen LogP contribution in [0.4, 0.5) is 5.82 Å². The third-order valence-corrected chi connectivity index (χ3v) is 4.49. The van der Waals surface area contributed by atoms with Gasteiger partial charge in [-0.25, -0.2) is 14.8 Å². The van der Waals surface area contributed by atoms with Gasteiger partial charge in [-0.1, -0.05) is 12.8 Å². The summed E-state index contributed by atoms with van der Waals surface area (Å²) in [6.45, 7) is 0. The molecule has 2 fully saturated rings. The maximum Gasteiger partial charge on any atom is 0.326 e. The van der Waals surface area contributed by atoms with Gasteiger partial charge in [0.25, 0.3) is 0 Å². The molecule has 1 N–H and O–H groups in total. The Balaban J connectivity index is 1.94. The predicted molar refractivity (Wildman–Crippen MR) is 70.9 cm³/mol. The molecule has 5 nitrogen and oxygen atoms in total. The number of piperidine rings is 1. The van der Waals surface area contributed by atoms with Gasteiger partial charge in [0.1, 0.15) is 18.2 Å². The van der Waals surface area contributed by atoms with Gasteiger partial charge in [-0.3, -0.25) is 0 Å². The van der Waals surface area contributed by atoms with Crippen LogP contribution in [0.5, 0.6) is 0 Å². The Bertz CT molecular complexity index is 451. The molecule has 1 aromatic heterocycles. The summed E-state index contributed by atoms with van der Waals surface area (Å²) < 4.78 is 0. The number of carboxylic acids is 1. The topological polar surface area (TPSA) is 66.3 Å². The highest BCUT2D eigenvalue weighted by Crippen LogP contribution is 2.39. The SMILES string of the molecule is O=C(O)C1CCC2CCCCC2N1c1ccncn1. The summed E-state index contributed by atoms with van der Waals surface area (Å²) in [5.41, 5.74) is 0. The molecule has 1 aliphatic carbocycles. The Labute approximate surface area is 112 Å². The minimum absolute atomic E-state index is 0.332. The summed E-state index contributed by atoms with van der Waals surface area (Å²) in [5.74, 6) is 0.654. The fourth-order valence-corrected chi connectivity index (χ4v) is 3.64. The summed E-state index contributed by atoms with van der Waals surface area (Å²) in [6.07, 6.45) is 9.71. The van der Waals surface area contributed by atoms with Crippen molar-refractivity contribution in [2.24, 2.45) is 5.92 Å². The Morgan fingerprint density at radius 1 is 1.26 bits per heavy atom. The average molecular weight is 261 g/mol. The summed E-state index contributed by atoms with van der Waals surface area (Å²) in [5, 5.41) is 9.48. The van der Waals surface area contributed by atoms with Gasteiger partial charge in [-0.15, -0.1) is 0 Å². The van der Waals surface area contributed by atoms with E-state index < -0.39 is 12.0 Å². The van der Waals surface area contributed by atoms with E-state index >= 15 is 0 Å². The van der Waals surface area contributed by atoms with Crippen LogP contribution in [0.15, 0.2) is 18.6 Å². The van der Waals surface area contributed by atoms with Gasteiger partial charge in [0.05, 0.1) is 0 Å². The monoisotopic (exact) mass is 261 g/mol. The minimum Gasteiger partial charge on any atom is -0.480 e. The van der Waals surface area contributed by atoms with E-state index in [1.165, 1.54) is 25.6 Å². The molecule has 0 aromatic carbocycles. The number of rotatable bonds is 2. The van der Waals surface area contributed by atoms with Gasteiger partial charge in [0.2, 0.25) is 0 Å². The zero-order valence-electron chi connectivity index (χ0n) is 10.9. The number of nitrogens with zero attached hydrogens (tertiary/aromatic N) is 3. The van der Waals surface area contributed by atoms with E-state index in [9.17, 15) is 9.90 Å². The molecule has 3 rings (SSSR count). The van der Waals surface area contributed by atoms with E-state index in [0.29, 0.717) is 12.0 Å². The number of aliphatic carboxylic acids is 1. The summed E-state index contributed by atoms with van der Waals surface area (Å²) >= 11 is 0. The molecule has 1 aliphatic heterocycles. The molecule has 1 saturated carbocycles.